The summed E-state index contributed by atoms with van der Waals surface area (Å²) in [5, 5.41) is 0. The highest BCUT2D eigenvalue weighted by atomic mass is 32.2. The summed E-state index contributed by atoms with van der Waals surface area (Å²) in [5.41, 5.74) is 0.396. The zero-order chi connectivity index (χ0) is 9.31. The minimum atomic E-state index is -3.03. The van der Waals surface area contributed by atoms with Crippen LogP contribution >= 0.6 is 0 Å². The van der Waals surface area contributed by atoms with Gasteiger partial charge in [0.1, 0.15) is 0 Å². The summed E-state index contributed by atoms with van der Waals surface area (Å²) < 4.78 is 28.6. The Morgan fingerprint density at radius 1 is 1.15 bits per heavy atom. The Morgan fingerprint density at radius 3 is 2.85 bits per heavy atom. The van der Waals surface area contributed by atoms with Gasteiger partial charge in [-0.3, -0.25) is 0 Å². The Kier molecular flexibility index (Phi) is 2.60. The van der Waals surface area contributed by atoms with Crippen molar-refractivity contribution in [3.63, 3.8) is 0 Å². The van der Waals surface area contributed by atoms with Gasteiger partial charge in [0.15, 0.2) is 9.84 Å². The molecular formula is C9H15O3S. The first-order chi connectivity index (χ1) is 6.20. The van der Waals surface area contributed by atoms with Crippen molar-refractivity contribution in [1.29, 1.82) is 0 Å². The molecule has 0 aliphatic carbocycles. The largest absolute Gasteiger partial charge is 0.355 e. The van der Waals surface area contributed by atoms with Gasteiger partial charge in [-0.25, -0.2) is 8.42 Å². The summed E-state index contributed by atoms with van der Waals surface area (Å²) in [6.07, 6.45) is 4.88. The average Bonchev–Trinajstić information content (AvgIpc) is 2.49. The van der Waals surface area contributed by atoms with E-state index in [-0.39, 0.29) is 5.92 Å². The minimum Gasteiger partial charge on any atom is -0.355 e. The Hall–Kier alpha value is -0.0900. The van der Waals surface area contributed by atoms with Crippen LogP contribution in [-0.2, 0) is 14.6 Å². The first-order valence-corrected chi connectivity index (χ1v) is 6.58. The molecule has 4 heteroatoms. The van der Waals surface area contributed by atoms with E-state index < -0.39 is 9.84 Å². The second-order valence-corrected chi connectivity index (χ2v) is 5.86. The van der Waals surface area contributed by atoms with Crippen molar-refractivity contribution in [2.75, 3.05) is 12.4 Å². The summed E-state index contributed by atoms with van der Waals surface area (Å²) in [5.74, 6) is 0.490. The Labute approximate surface area is 79.4 Å². The van der Waals surface area contributed by atoms with Gasteiger partial charge >= 0.3 is 0 Å². The van der Waals surface area contributed by atoms with Gasteiger partial charge in [-0.2, -0.15) is 0 Å². The number of rotatable bonds is 0. The van der Waals surface area contributed by atoms with Crippen LogP contribution in [-0.4, -0.2) is 20.8 Å². The van der Waals surface area contributed by atoms with Crippen molar-refractivity contribution in [2.45, 2.75) is 32.1 Å². The summed E-state index contributed by atoms with van der Waals surface area (Å²) >= 11 is 0. The molecule has 0 aromatic rings. The van der Waals surface area contributed by atoms with Crippen LogP contribution in [0.25, 0.3) is 0 Å². The van der Waals surface area contributed by atoms with E-state index in [1.165, 1.54) is 0 Å². The first kappa shape index (κ1) is 9.46. The summed E-state index contributed by atoms with van der Waals surface area (Å²) in [6.45, 7) is 0.596. The zero-order valence-corrected chi connectivity index (χ0v) is 8.48. The highest BCUT2D eigenvalue weighted by Gasteiger charge is 2.40. The van der Waals surface area contributed by atoms with Gasteiger partial charge in [0.05, 0.1) is 5.75 Å². The second-order valence-electron chi connectivity index (χ2n) is 3.82. The molecule has 0 N–H and O–H groups in total. The predicted octanol–water partition coefficient (Wildman–Crippen LogP) is 1.50. The number of ether oxygens (including phenoxy) is 1. The zero-order valence-electron chi connectivity index (χ0n) is 7.66. The van der Waals surface area contributed by atoms with Crippen LogP contribution in [0.4, 0.5) is 0 Å². The van der Waals surface area contributed by atoms with Gasteiger partial charge in [0, 0.05) is 12.5 Å². The normalized spacial score (nSPS) is 34.9. The molecular weight excluding hydrogens is 188 g/mol. The minimum absolute atomic E-state index is 0.199. The summed E-state index contributed by atoms with van der Waals surface area (Å²) in [7, 11) is -3.03. The molecule has 2 aliphatic heterocycles. The molecule has 0 amide bonds. The summed E-state index contributed by atoms with van der Waals surface area (Å²) in [4.78, 5) is 0. The molecule has 0 spiro atoms. The van der Waals surface area contributed by atoms with E-state index in [4.69, 9.17) is 4.74 Å². The fraction of sp³-hybridized carbons (Fsp3) is 0.889. The highest BCUT2D eigenvalue weighted by Crippen LogP contribution is 2.37. The monoisotopic (exact) mass is 203 g/mol. The molecule has 0 aromatic carbocycles. The van der Waals surface area contributed by atoms with Crippen LogP contribution in [0.3, 0.4) is 0 Å². The van der Waals surface area contributed by atoms with Crippen molar-refractivity contribution in [3.05, 3.63) is 5.44 Å². The predicted molar refractivity (Wildman–Crippen MR) is 49.6 cm³/mol. The van der Waals surface area contributed by atoms with Crippen molar-refractivity contribution in [3.8, 4) is 0 Å². The number of hydrogen-bond donors (Lipinski definition) is 0. The number of hydrogen-bond acceptors (Lipinski definition) is 3. The molecule has 2 heterocycles. The lowest BCUT2D eigenvalue weighted by atomic mass is 10.0. The molecule has 13 heavy (non-hydrogen) atoms. The van der Waals surface area contributed by atoms with Crippen molar-refractivity contribution in [1.82, 2.24) is 0 Å². The van der Waals surface area contributed by atoms with Gasteiger partial charge in [-0.05, 0) is 19.3 Å². The average molecular weight is 203 g/mol. The third-order valence-electron chi connectivity index (χ3n) is 2.82. The third-order valence-corrected chi connectivity index (χ3v) is 4.71. The smallest absolute Gasteiger partial charge is 0.215 e. The first-order valence-electron chi connectivity index (χ1n) is 4.92. The Morgan fingerprint density at radius 2 is 2.00 bits per heavy atom. The Bertz CT molecular complexity index is 271. The van der Waals surface area contributed by atoms with Crippen molar-refractivity contribution >= 4 is 9.84 Å². The second kappa shape index (κ2) is 3.58. The van der Waals surface area contributed by atoms with Gasteiger partial charge < -0.3 is 4.74 Å². The molecule has 75 valence electrons. The van der Waals surface area contributed by atoms with Crippen LogP contribution in [0.5, 0.6) is 0 Å². The van der Waals surface area contributed by atoms with Gasteiger partial charge in [0.2, 0.25) is 5.44 Å². The van der Waals surface area contributed by atoms with Crippen molar-refractivity contribution < 1.29 is 13.2 Å². The lowest BCUT2D eigenvalue weighted by Gasteiger charge is -2.19. The Balaban J connectivity index is 2.18. The van der Waals surface area contributed by atoms with E-state index >= 15 is 0 Å². The van der Waals surface area contributed by atoms with E-state index in [1.54, 1.807) is 0 Å². The van der Waals surface area contributed by atoms with Gasteiger partial charge in [-0.15, -0.1) is 0 Å². The molecule has 0 saturated carbocycles. The quantitative estimate of drug-likeness (QED) is 0.599. The van der Waals surface area contributed by atoms with E-state index in [9.17, 15) is 8.42 Å². The van der Waals surface area contributed by atoms with Crippen LogP contribution < -0.4 is 0 Å². The van der Waals surface area contributed by atoms with Crippen LogP contribution in [0, 0.1) is 11.4 Å². The van der Waals surface area contributed by atoms with E-state index in [0.717, 1.165) is 32.1 Å². The fourth-order valence-corrected chi connectivity index (χ4v) is 3.90. The molecule has 1 radical (unpaired) electrons. The molecule has 0 aromatic heterocycles. The molecule has 3 nitrogen and oxygen atoms in total. The molecule has 2 fully saturated rings. The molecule has 2 aliphatic rings. The van der Waals surface area contributed by atoms with E-state index in [0.29, 0.717) is 17.8 Å². The topological polar surface area (TPSA) is 43.4 Å². The number of sulfone groups is 1. The van der Waals surface area contributed by atoms with Crippen LogP contribution in [0.1, 0.15) is 32.1 Å². The lowest BCUT2D eigenvalue weighted by Crippen LogP contribution is -2.23. The summed E-state index contributed by atoms with van der Waals surface area (Å²) in [6, 6.07) is 0. The van der Waals surface area contributed by atoms with E-state index in [2.05, 4.69) is 0 Å². The third kappa shape index (κ3) is 1.89. The molecule has 2 saturated heterocycles. The molecule has 2 rings (SSSR count). The van der Waals surface area contributed by atoms with Crippen LogP contribution in [0.15, 0.2) is 0 Å². The number of fused-ring (bicyclic) bond motifs is 1. The standard InChI is InChI=1S/C9H15O3S/c10-13(11)7-3-1-2-4-8-5-6-12-9(8)13/h8H,1-7H2. The van der Waals surface area contributed by atoms with Crippen molar-refractivity contribution in [2.24, 2.45) is 5.92 Å². The SMILES string of the molecule is O=S1(=O)CCCCCC2CCO[C]21. The van der Waals surface area contributed by atoms with E-state index in [1.807, 2.05) is 0 Å². The van der Waals surface area contributed by atoms with Gasteiger partial charge in [0.25, 0.3) is 0 Å². The highest BCUT2D eigenvalue weighted by molar-refractivity contribution is 7.94. The van der Waals surface area contributed by atoms with Crippen LogP contribution in [0.2, 0.25) is 0 Å². The maximum absolute atomic E-state index is 11.7. The molecule has 1 atom stereocenters. The van der Waals surface area contributed by atoms with Gasteiger partial charge in [-0.1, -0.05) is 12.8 Å². The molecule has 1 unspecified atom stereocenters. The fourth-order valence-electron chi connectivity index (χ4n) is 2.10. The molecule has 0 bridgehead atoms. The maximum Gasteiger partial charge on any atom is 0.215 e. The lowest BCUT2D eigenvalue weighted by molar-refractivity contribution is 0.222. The maximum atomic E-state index is 11.7.